The molecule has 1 atom stereocenters. The highest BCUT2D eigenvalue weighted by atomic mass is 35.5. The quantitative estimate of drug-likeness (QED) is 0.810. The predicted molar refractivity (Wildman–Crippen MR) is 80.4 cm³/mol. The number of halogens is 1. The average molecular weight is 296 g/mol. The van der Waals surface area contributed by atoms with Crippen molar-refractivity contribution in [2.24, 2.45) is 0 Å². The highest BCUT2D eigenvalue weighted by molar-refractivity contribution is 7.60. The lowest BCUT2D eigenvalue weighted by Crippen LogP contribution is -2.03. The minimum absolute atomic E-state index is 0.570. The molecule has 0 amide bonds. The summed E-state index contributed by atoms with van der Waals surface area (Å²) in [7, 11) is -2.99. The van der Waals surface area contributed by atoms with E-state index in [-0.39, 0.29) is 0 Å². The molecule has 5 heteroatoms. The first kappa shape index (κ1) is 14.0. The largest absolute Gasteiger partial charge is 0.429 e. The van der Waals surface area contributed by atoms with E-state index in [2.05, 4.69) is 5.09 Å². The van der Waals surface area contributed by atoms with E-state index in [1.807, 2.05) is 31.2 Å². The van der Waals surface area contributed by atoms with Crippen LogP contribution in [0.4, 0.5) is 5.69 Å². The molecule has 0 heterocycles. The molecule has 0 unspecified atom stereocenters. The summed E-state index contributed by atoms with van der Waals surface area (Å²) >= 11 is 6.03. The Balaban J connectivity index is 2.17. The molecule has 0 spiro atoms. The maximum Gasteiger partial charge on any atom is 0.338 e. The lowest BCUT2D eigenvalue weighted by molar-refractivity contribution is 0.493. The van der Waals surface area contributed by atoms with E-state index < -0.39 is 7.52 Å². The molecular weight excluding hydrogens is 281 g/mol. The van der Waals surface area contributed by atoms with Crippen molar-refractivity contribution in [2.75, 3.05) is 11.8 Å². The number of rotatable bonds is 4. The number of hydrogen-bond donors (Lipinski definition) is 1. The Morgan fingerprint density at radius 3 is 2.47 bits per heavy atom. The number of nitrogens with one attached hydrogen (secondary N) is 1. The van der Waals surface area contributed by atoms with Crippen LogP contribution in [-0.4, -0.2) is 6.66 Å². The van der Waals surface area contributed by atoms with Crippen LogP contribution in [0.3, 0.4) is 0 Å². The first-order valence-electron chi connectivity index (χ1n) is 5.83. The standard InChI is InChI=1S/C14H15ClNO2P/c1-11-13(15)9-6-10-14(11)16-19(2,17)18-12-7-4-3-5-8-12/h3-10H,1-2H3,(H,16,17)/t19-/m1/s1. The molecule has 2 rings (SSSR count). The van der Waals surface area contributed by atoms with Gasteiger partial charge in [-0.2, -0.15) is 0 Å². The third-order valence-corrected chi connectivity index (χ3v) is 4.23. The lowest BCUT2D eigenvalue weighted by atomic mass is 10.2. The zero-order chi connectivity index (χ0) is 13.9. The van der Waals surface area contributed by atoms with Gasteiger partial charge in [0.15, 0.2) is 0 Å². The van der Waals surface area contributed by atoms with Crippen LogP contribution in [0.2, 0.25) is 5.02 Å². The molecule has 1 N–H and O–H groups in total. The summed E-state index contributed by atoms with van der Waals surface area (Å²) in [5.74, 6) is 0.570. The molecule has 0 aromatic heterocycles. The van der Waals surface area contributed by atoms with Gasteiger partial charge in [-0.15, -0.1) is 0 Å². The fourth-order valence-electron chi connectivity index (χ4n) is 1.65. The summed E-state index contributed by atoms with van der Waals surface area (Å²) in [6, 6.07) is 14.5. The van der Waals surface area contributed by atoms with Gasteiger partial charge in [0.1, 0.15) is 5.75 Å². The Bertz CT molecular complexity index is 616. The van der Waals surface area contributed by atoms with Crippen molar-refractivity contribution in [3.8, 4) is 5.75 Å². The third kappa shape index (κ3) is 3.76. The van der Waals surface area contributed by atoms with Gasteiger partial charge in [-0.1, -0.05) is 35.9 Å². The third-order valence-electron chi connectivity index (χ3n) is 2.61. The fourth-order valence-corrected chi connectivity index (χ4v) is 3.08. The van der Waals surface area contributed by atoms with Crippen LogP contribution in [-0.2, 0) is 4.57 Å². The maximum absolute atomic E-state index is 12.4. The van der Waals surface area contributed by atoms with Gasteiger partial charge in [0.2, 0.25) is 0 Å². The number of para-hydroxylation sites is 1. The van der Waals surface area contributed by atoms with E-state index in [0.29, 0.717) is 16.5 Å². The minimum atomic E-state index is -2.99. The first-order valence-corrected chi connectivity index (χ1v) is 8.28. The Hall–Kier alpha value is -1.44. The van der Waals surface area contributed by atoms with Gasteiger partial charge in [0.25, 0.3) is 0 Å². The predicted octanol–water partition coefficient (Wildman–Crippen LogP) is 4.96. The molecule has 0 fully saturated rings. The Morgan fingerprint density at radius 2 is 1.79 bits per heavy atom. The second-order valence-electron chi connectivity index (χ2n) is 4.27. The van der Waals surface area contributed by atoms with Crippen molar-refractivity contribution in [3.63, 3.8) is 0 Å². The van der Waals surface area contributed by atoms with Gasteiger partial charge in [-0.3, -0.25) is 4.57 Å². The van der Waals surface area contributed by atoms with Crippen molar-refractivity contribution in [1.82, 2.24) is 0 Å². The van der Waals surface area contributed by atoms with E-state index in [1.54, 1.807) is 30.9 Å². The molecule has 0 aliphatic carbocycles. The molecule has 3 nitrogen and oxygen atoms in total. The summed E-state index contributed by atoms with van der Waals surface area (Å²) in [5.41, 5.74) is 1.57. The molecule has 2 aromatic rings. The number of benzene rings is 2. The van der Waals surface area contributed by atoms with E-state index in [4.69, 9.17) is 16.1 Å². The van der Waals surface area contributed by atoms with Crippen LogP contribution < -0.4 is 9.61 Å². The van der Waals surface area contributed by atoms with Gasteiger partial charge in [-0.25, -0.2) is 0 Å². The van der Waals surface area contributed by atoms with Gasteiger partial charge in [0.05, 0.1) is 0 Å². The average Bonchev–Trinajstić information content (AvgIpc) is 2.35. The van der Waals surface area contributed by atoms with Crippen molar-refractivity contribution in [1.29, 1.82) is 0 Å². The molecule has 0 radical (unpaired) electrons. The molecule has 100 valence electrons. The van der Waals surface area contributed by atoms with E-state index in [9.17, 15) is 4.57 Å². The molecular formula is C14H15ClNO2P. The minimum Gasteiger partial charge on any atom is -0.429 e. The van der Waals surface area contributed by atoms with Crippen LogP contribution in [0.5, 0.6) is 5.75 Å². The zero-order valence-electron chi connectivity index (χ0n) is 10.8. The van der Waals surface area contributed by atoms with Gasteiger partial charge < -0.3 is 9.61 Å². The molecule has 0 saturated heterocycles. The smallest absolute Gasteiger partial charge is 0.338 e. The lowest BCUT2D eigenvalue weighted by Gasteiger charge is -2.19. The summed E-state index contributed by atoms with van der Waals surface area (Å²) in [4.78, 5) is 0. The molecule has 2 aromatic carbocycles. The van der Waals surface area contributed by atoms with Crippen molar-refractivity contribution < 1.29 is 9.09 Å². The summed E-state index contributed by atoms with van der Waals surface area (Å²) < 4.78 is 17.9. The monoisotopic (exact) mass is 295 g/mol. The Morgan fingerprint density at radius 1 is 1.11 bits per heavy atom. The normalized spacial score (nSPS) is 13.6. The van der Waals surface area contributed by atoms with Crippen LogP contribution in [0.15, 0.2) is 48.5 Å². The highest BCUT2D eigenvalue weighted by Crippen LogP contribution is 2.44. The van der Waals surface area contributed by atoms with E-state index in [0.717, 1.165) is 5.56 Å². The van der Waals surface area contributed by atoms with Crippen LogP contribution >= 0.6 is 19.1 Å². The van der Waals surface area contributed by atoms with Crippen molar-refractivity contribution >= 4 is 24.8 Å². The number of hydrogen-bond acceptors (Lipinski definition) is 2. The van der Waals surface area contributed by atoms with Crippen molar-refractivity contribution in [3.05, 3.63) is 59.1 Å². The fraction of sp³-hybridized carbons (Fsp3) is 0.143. The second-order valence-corrected chi connectivity index (χ2v) is 6.78. The maximum atomic E-state index is 12.4. The van der Waals surface area contributed by atoms with Crippen LogP contribution in [0, 0.1) is 6.92 Å². The zero-order valence-corrected chi connectivity index (χ0v) is 12.4. The SMILES string of the molecule is Cc1c(Cl)cccc1N[P@](C)(=O)Oc1ccccc1. The molecule has 0 aliphatic heterocycles. The molecule has 0 bridgehead atoms. The number of anilines is 1. The molecule has 0 aliphatic rings. The summed E-state index contributed by atoms with van der Waals surface area (Å²) in [6.07, 6.45) is 0. The van der Waals surface area contributed by atoms with Gasteiger partial charge in [-0.05, 0) is 36.8 Å². The van der Waals surface area contributed by atoms with Gasteiger partial charge in [0, 0.05) is 17.4 Å². The van der Waals surface area contributed by atoms with E-state index in [1.165, 1.54) is 0 Å². The van der Waals surface area contributed by atoms with Crippen LogP contribution in [0.25, 0.3) is 0 Å². The summed E-state index contributed by atoms with van der Waals surface area (Å²) in [6.45, 7) is 3.41. The Labute approximate surface area is 118 Å². The topological polar surface area (TPSA) is 38.3 Å². The molecule has 19 heavy (non-hydrogen) atoms. The van der Waals surface area contributed by atoms with Crippen LogP contribution in [0.1, 0.15) is 5.56 Å². The van der Waals surface area contributed by atoms with Crippen molar-refractivity contribution in [2.45, 2.75) is 6.92 Å². The first-order chi connectivity index (χ1) is 8.98. The summed E-state index contributed by atoms with van der Waals surface area (Å²) in [5, 5.41) is 3.55. The Kier molecular flexibility index (Phi) is 4.18. The van der Waals surface area contributed by atoms with Gasteiger partial charge >= 0.3 is 7.52 Å². The van der Waals surface area contributed by atoms with E-state index >= 15 is 0 Å². The highest BCUT2D eigenvalue weighted by Gasteiger charge is 2.18. The molecule has 0 saturated carbocycles. The second kappa shape index (κ2) is 5.68.